The molecule has 0 fully saturated rings. The van der Waals surface area contributed by atoms with E-state index in [9.17, 15) is 0 Å². The third-order valence-corrected chi connectivity index (χ3v) is 21.1. The molecule has 0 amide bonds. The molecule has 6 rings (SSSR count). The molecule has 6 aromatic carbocycles. The number of alkyl halides is 1. The first kappa shape index (κ1) is 70.3. The molecule has 0 aromatic heterocycles. The van der Waals surface area contributed by atoms with E-state index in [2.05, 4.69) is 276 Å². The second-order valence-corrected chi connectivity index (χ2v) is 30.1. The van der Waals surface area contributed by atoms with Gasteiger partial charge in [0.2, 0.25) is 0 Å². The van der Waals surface area contributed by atoms with Crippen molar-refractivity contribution in [2.45, 2.75) is 223 Å². The summed E-state index contributed by atoms with van der Waals surface area (Å²) in [4.78, 5) is 29.1. The van der Waals surface area contributed by atoms with Crippen LogP contribution in [0.2, 0.25) is 0 Å². The van der Waals surface area contributed by atoms with Crippen LogP contribution in [0.3, 0.4) is 0 Å². The zero-order valence-electron chi connectivity index (χ0n) is 55.2. The molecule has 8 heteroatoms. The van der Waals surface area contributed by atoms with Crippen molar-refractivity contribution in [2.75, 3.05) is 17.5 Å². The number of rotatable bonds is 31. The van der Waals surface area contributed by atoms with Gasteiger partial charge < -0.3 is 0 Å². The van der Waals surface area contributed by atoms with Crippen molar-refractivity contribution in [2.24, 2.45) is 30.0 Å². The maximum absolute atomic E-state index is 5.73. The maximum atomic E-state index is 5.73. The molecule has 0 heterocycles. The summed E-state index contributed by atoms with van der Waals surface area (Å²) in [7, 11) is -0.740. The molecule has 6 aromatic rings. The fraction of sp³-hybridized carbons (Fsp3) is 0.481. The van der Waals surface area contributed by atoms with Gasteiger partial charge in [0.05, 0.1) is 29.1 Å². The number of benzene rings is 6. The molecular formula is C77H105IN6P-. The predicted molar refractivity (Wildman–Crippen MR) is 372 cm³/mol. The zero-order chi connectivity index (χ0) is 61.7. The Kier molecular flexibility index (Phi) is 31.4. The average Bonchev–Trinajstić information content (AvgIpc) is 3.41. The molecule has 0 unspecified atom stereocenters. The second-order valence-electron chi connectivity index (χ2n) is 24.8. The zero-order valence-corrected chi connectivity index (χ0v) is 58.2. The van der Waals surface area contributed by atoms with E-state index in [4.69, 9.17) is 9.98 Å². The molecule has 0 atom stereocenters. The Morgan fingerprint density at radius 3 is 1.14 bits per heavy atom. The summed E-state index contributed by atoms with van der Waals surface area (Å²) in [5.74, 6) is 3.04. The van der Waals surface area contributed by atoms with Gasteiger partial charge >= 0.3 is 160 Å². The number of aliphatic imine (C=N–C) groups is 6. The molecule has 85 heavy (non-hydrogen) atoms. The molecule has 0 N–H and O–H groups in total. The number of unbranched alkanes of at least 4 members (excludes halogenated alkanes) is 6. The van der Waals surface area contributed by atoms with Crippen LogP contribution in [0.5, 0.6) is 0 Å². The van der Waals surface area contributed by atoms with E-state index in [0.29, 0.717) is 41.4 Å². The molecule has 0 aliphatic carbocycles. The van der Waals surface area contributed by atoms with Crippen LogP contribution in [-0.2, 0) is 0 Å². The van der Waals surface area contributed by atoms with Crippen LogP contribution in [-0.4, -0.2) is 40.7 Å². The minimum Gasteiger partial charge on any atom is -0.252 e. The first-order valence-corrected chi connectivity index (χ1v) is 36.3. The van der Waals surface area contributed by atoms with Crippen molar-refractivity contribution in [1.29, 1.82) is 0 Å². The predicted octanol–water partition coefficient (Wildman–Crippen LogP) is 20.1. The summed E-state index contributed by atoms with van der Waals surface area (Å²) in [5.41, 5.74) is 16.4. The minimum absolute atomic E-state index is 0.0224. The summed E-state index contributed by atoms with van der Waals surface area (Å²) < 4.78 is 2.85. The van der Waals surface area contributed by atoms with Crippen molar-refractivity contribution < 1.29 is 21.2 Å². The number of halogens is 1. The summed E-state index contributed by atoms with van der Waals surface area (Å²) in [6, 6.07) is 54.7. The third-order valence-electron chi connectivity index (χ3n) is 15.4. The Morgan fingerprint density at radius 1 is 0.388 bits per heavy atom. The Bertz CT molecular complexity index is 2930. The molecule has 0 aliphatic rings. The first-order chi connectivity index (χ1) is 40.9. The fourth-order valence-electron chi connectivity index (χ4n) is 10.6. The average molecular weight is 1270 g/mol. The number of para-hydroxylation sites is 4. The van der Waals surface area contributed by atoms with Gasteiger partial charge in [-0.15, -0.1) is 0 Å². The standard InChI is InChI=1S/C46H61IN2P.C31H44N4/c1-9-33-47-43-31-22-30-42(36(6)7)46(43)48-37(8)23-15-11-10-12-20-32-44(49-45-40(34(2)3)28-21-29-41(45)35(4)5)50(38-24-16-13-17-25-38)39-26-18-14-19-27-39;1-22(2)26-14-12-15-27(23(3)4)30(26)34-20-32-18-10-9-11-19-33-21-35-31-28(24(5)6)16-13-17-29(31)25(7)8/h13-14,16-19,21-22,24-31,34-36H,9-12,15,20,23,32-33H2,1-8H3;12-17,22-25H,9-11,18-19H2,1-8H3/q-1;. The molecule has 6 nitrogen and oxygen atoms in total. The Morgan fingerprint density at radius 2 is 0.741 bits per heavy atom. The molecular weight excluding hydrogens is 1170 g/mol. The van der Waals surface area contributed by atoms with Crippen LogP contribution in [0.4, 0.5) is 22.7 Å². The van der Waals surface area contributed by atoms with Crippen LogP contribution >= 0.6 is 7.92 Å². The molecule has 0 spiro atoms. The number of hydrogen-bond acceptors (Lipinski definition) is 6. The monoisotopic (exact) mass is 1270 g/mol. The van der Waals surface area contributed by atoms with Crippen molar-refractivity contribution in [1.82, 2.24) is 0 Å². The second kappa shape index (κ2) is 38.0. The van der Waals surface area contributed by atoms with E-state index in [-0.39, 0.29) is 21.2 Å². The topological polar surface area (TPSA) is 74.2 Å². The van der Waals surface area contributed by atoms with Gasteiger partial charge in [0, 0.05) is 21.0 Å². The first-order valence-electron chi connectivity index (χ1n) is 32.3. The Labute approximate surface area is 528 Å². The molecule has 0 aliphatic heterocycles. The smallest absolute Gasteiger partial charge is 0.252 e. The summed E-state index contributed by atoms with van der Waals surface area (Å²) in [6.07, 6.45) is 12.6. The van der Waals surface area contributed by atoms with E-state index < -0.39 is 7.92 Å². The summed E-state index contributed by atoms with van der Waals surface area (Å²) >= 11 is 0.0224. The Hall–Kier alpha value is -5.42. The molecule has 456 valence electrons. The van der Waals surface area contributed by atoms with Crippen LogP contribution in [0.15, 0.2) is 163 Å². The van der Waals surface area contributed by atoms with E-state index in [1.807, 2.05) is 0 Å². The fourth-order valence-corrected chi connectivity index (χ4v) is 15.4. The quantitative estimate of drug-likeness (QED) is 0.0137. The van der Waals surface area contributed by atoms with Crippen LogP contribution in [0.1, 0.15) is 262 Å². The van der Waals surface area contributed by atoms with Gasteiger partial charge in [-0.3, -0.25) is 4.99 Å². The molecule has 0 radical (unpaired) electrons. The summed E-state index contributed by atoms with van der Waals surface area (Å²) in [6.45, 7) is 37.5. The van der Waals surface area contributed by atoms with Gasteiger partial charge in [-0.2, -0.15) is 9.98 Å². The molecule has 0 bridgehead atoms. The van der Waals surface area contributed by atoms with Crippen molar-refractivity contribution in [3.8, 4) is 0 Å². The number of nitrogens with zero attached hydrogens (tertiary/aromatic N) is 6. The normalized spacial score (nSPS) is 12.0. The third kappa shape index (κ3) is 22.7. The van der Waals surface area contributed by atoms with Gasteiger partial charge in [-0.05, 0) is 98.8 Å². The van der Waals surface area contributed by atoms with E-state index >= 15 is 0 Å². The van der Waals surface area contributed by atoms with Gasteiger partial charge in [0.25, 0.3) is 0 Å². The van der Waals surface area contributed by atoms with E-state index in [1.54, 1.807) is 0 Å². The van der Waals surface area contributed by atoms with Gasteiger partial charge in [0.1, 0.15) is 0 Å². The van der Waals surface area contributed by atoms with Gasteiger partial charge in [-0.1, -0.05) is 198 Å². The van der Waals surface area contributed by atoms with Crippen LogP contribution < -0.4 is 31.8 Å². The SMILES string of the molecule is CC(C)c1cccc(C(C)C)c1N=C=NCCCCCN=C=Nc1c(C(C)C)cccc1C(C)C.CCC[I-]c1cccc(C(C)C)c1N=C(C)CCCCCCCC(=Nc1c(C(C)C)cccc1C(C)C)P(c1ccccc1)c1ccccc1. The molecule has 0 saturated heterocycles. The summed E-state index contributed by atoms with van der Waals surface area (Å²) in [5, 5.41) is 2.77. The van der Waals surface area contributed by atoms with Crippen LogP contribution in [0, 0.1) is 3.57 Å². The van der Waals surface area contributed by atoms with Gasteiger partial charge in [-0.25, -0.2) is 9.98 Å². The van der Waals surface area contributed by atoms with E-state index in [1.165, 1.54) is 112 Å². The van der Waals surface area contributed by atoms with Crippen molar-refractivity contribution >= 4 is 64.5 Å². The minimum atomic E-state index is -0.740. The van der Waals surface area contributed by atoms with Crippen LogP contribution in [0.25, 0.3) is 0 Å². The number of hydrogen-bond donors (Lipinski definition) is 0. The molecule has 0 saturated carbocycles. The van der Waals surface area contributed by atoms with Gasteiger partial charge in [0.15, 0.2) is 0 Å². The Balaban J connectivity index is 0.000000331. The van der Waals surface area contributed by atoms with Crippen molar-refractivity contribution in [3.63, 3.8) is 0 Å². The van der Waals surface area contributed by atoms with E-state index in [0.717, 1.165) is 63.0 Å². The van der Waals surface area contributed by atoms with Crippen molar-refractivity contribution in [3.05, 3.63) is 176 Å².